The van der Waals surface area contributed by atoms with Crippen LogP contribution in [0.2, 0.25) is 0 Å². The molecule has 0 saturated carbocycles. The van der Waals surface area contributed by atoms with Crippen LogP contribution in [0.15, 0.2) is 29.4 Å². The standard InChI is InChI=1S/C19H27N5OS/c1-4-23-11-9-16(10-12-23)20-18(25)13-26-19-22-21-15(3)24(19)17-8-6-5-7-14(17)2/h5-8,16H,4,9-13H2,1-3H3,(H,20,25). The Morgan fingerprint density at radius 2 is 1.96 bits per heavy atom. The fourth-order valence-electron chi connectivity index (χ4n) is 3.32. The molecule has 26 heavy (non-hydrogen) atoms. The highest BCUT2D eigenvalue weighted by molar-refractivity contribution is 7.99. The minimum absolute atomic E-state index is 0.0712. The summed E-state index contributed by atoms with van der Waals surface area (Å²) in [7, 11) is 0. The summed E-state index contributed by atoms with van der Waals surface area (Å²) in [6.45, 7) is 9.40. The molecule has 1 saturated heterocycles. The first kappa shape index (κ1) is 18.9. The molecule has 6 nitrogen and oxygen atoms in total. The molecule has 3 rings (SSSR count). The molecule has 0 spiro atoms. The zero-order chi connectivity index (χ0) is 18.5. The van der Waals surface area contributed by atoms with Crippen molar-refractivity contribution in [3.63, 3.8) is 0 Å². The number of carbonyl (C=O) groups is 1. The number of carbonyl (C=O) groups excluding carboxylic acids is 1. The summed E-state index contributed by atoms with van der Waals surface area (Å²) in [5.74, 6) is 1.26. The van der Waals surface area contributed by atoms with Crippen molar-refractivity contribution >= 4 is 17.7 Å². The third kappa shape index (κ3) is 4.45. The third-order valence-corrected chi connectivity index (χ3v) is 5.81. The van der Waals surface area contributed by atoms with Gasteiger partial charge in [0.05, 0.1) is 11.4 Å². The Hall–Kier alpha value is -1.86. The number of piperidine rings is 1. The van der Waals surface area contributed by atoms with E-state index in [9.17, 15) is 4.79 Å². The molecule has 0 radical (unpaired) electrons. The van der Waals surface area contributed by atoms with Gasteiger partial charge in [-0.1, -0.05) is 36.9 Å². The molecule has 140 valence electrons. The van der Waals surface area contributed by atoms with Crippen LogP contribution in [-0.2, 0) is 4.79 Å². The predicted molar refractivity (Wildman–Crippen MR) is 105 cm³/mol. The lowest BCUT2D eigenvalue weighted by Crippen LogP contribution is -2.45. The highest BCUT2D eigenvalue weighted by atomic mass is 32.2. The van der Waals surface area contributed by atoms with Crippen LogP contribution < -0.4 is 5.32 Å². The first-order chi connectivity index (χ1) is 12.6. The van der Waals surface area contributed by atoms with Crippen LogP contribution in [0.25, 0.3) is 5.69 Å². The third-order valence-electron chi connectivity index (χ3n) is 4.88. The van der Waals surface area contributed by atoms with Crippen molar-refractivity contribution in [1.29, 1.82) is 0 Å². The Labute approximate surface area is 159 Å². The molecule has 0 unspecified atom stereocenters. The van der Waals surface area contributed by atoms with Gasteiger partial charge in [0.25, 0.3) is 0 Å². The van der Waals surface area contributed by atoms with E-state index in [0.29, 0.717) is 11.8 Å². The molecule has 1 amide bonds. The van der Waals surface area contributed by atoms with E-state index >= 15 is 0 Å². The van der Waals surface area contributed by atoms with Gasteiger partial charge >= 0.3 is 0 Å². The molecule has 1 aliphatic rings. The topological polar surface area (TPSA) is 63.1 Å². The van der Waals surface area contributed by atoms with Gasteiger partial charge in [-0.3, -0.25) is 9.36 Å². The Morgan fingerprint density at radius 3 is 2.65 bits per heavy atom. The molecule has 2 heterocycles. The summed E-state index contributed by atoms with van der Waals surface area (Å²) >= 11 is 1.44. The second-order valence-corrected chi connectivity index (χ2v) is 7.66. The number of hydrogen-bond acceptors (Lipinski definition) is 5. The van der Waals surface area contributed by atoms with E-state index in [1.54, 1.807) is 0 Å². The summed E-state index contributed by atoms with van der Waals surface area (Å²) in [5.41, 5.74) is 2.22. The average molecular weight is 374 g/mol. The first-order valence-electron chi connectivity index (χ1n) is 9.21. The maximum Gasteiger partial charge on any atom is 0.230 e. The number of hydrogen-bond donors (Lipinski definition) is 1. The normalized spacial score (nSPS) is 16.0. The molecule has 2 aromatic rings. The zero-order valence-corrected chi connectivity index (χ0v) is 16.6. The van der Waals surface area contributed by atoms with E-state index in [0.717, 1.165) is 54.7 Å². The lowest BCUT2D eigenvalue weighted by Gasteiger charge is -2.31. The van der Waals surface area contributed by atoms with Crippen molar-refractivity contribution < 1.29 is 4.79 Å². The number of rotatable bonds is 6. The second-order valence-electron chi connectivity index (χ2n) is 6.72. The molecule has 1 aromatic carbocycles. The second kappa shape index (κ2) is 8.68. The molecule has 1 fully saturated rings. The van der Waals surface area contributed by atoms with Crippen molar-refractivity contribution in [2.24, 2.45) is 0 Å². The highest BCUT2D eigenvalue weighted by Gasteiger charge is 2.20. The molecule has 0 bridgehead atoms. The molecule has 1 aromatic heterocycles. The van der Waals surface area contributed by atoms with Gasteiger partial charge < -0.3 is 10.2 Å². The highest BCUT2D eigenvalue weighted by Crippen LogP contribution is 2.23. The molecule has 0 atom stereocenters. The molecule has 1 N–H and O–H groups in total. The van der Waals surface area contributed by atoms with Gasteiger partial charge in [-0.25, -0.2) is 0 Å². The minimum atomic E-state index is 0.0712. The zero-order valence-electron chi connectivity index (χ0n) is 15.7. The summed E-state index contributed by atoms with van der Waals surface area (Å²) in [6.07, 6.45) is 2.06. The van der Waals surface area contributed by atoms with E-state index in [-0.39, 0.29) is 5.91 Å². The summed E-state index contributed by atoms with van der Waals surface area (Å²) in [6, 6.07) is 8.44. The van der Waals surface area contributed by atoms with Gasteiger partial charge in [0.2, 0.25) is 5.91 Å². The summed E-state index contributed by atoms with van der Waals surface area (Å²) in [5, 5.41) is 12.4. The van der Waals surface area contributed by atoms with Crippen molar-refractivity contribution in [2.45, 2.75) is 44.8 Å². The predicted octanol–water partition coefficient (Wildman–Crippen LogP) is 2.58. The fourth-order valence-corrected chi connectivity index (χ4v) is 4.12. The van der Waals surface area contributed by atoms with E-state index in [1.807, 2.05) is 23.6 Å². The van der Waals surface area contributed by atoms with Crippen LogP contribution in [0.1, 0.15) is 31.2 Å². The minimum Gasteiger partial charge on any atom is -0.353 e. The molecule has 7 heteroatoms. The fraction of sp³-hybridized carbons (Fsp3) is 0.526. The van der Waals surface area contributed by atoms with E-state index < -0.39 is 0 Å². The van der Waals surface area contributed by atoms with Crippen molar-refractivity contribution in [3.8, 4) is 5.69 Å². The SMILES string of the molecule is CCN1CCC(NC(=O)CSc2nnc(C)n2-c2ccccc2C)CC1. The van der Waals surface area contributed by atoms with Crippen molar-refractivity contribution in [1.82, 2.24) is 25.0 Å². The largest absolute Gasteiger partial charge is 0.353 e. The Kier molecular flexibility index (Phi) is 6.32. The number of thioether (sulfide) groups is 1. The first-order valence-corrected chi connectivity index (χ1v) is 10.2. The van der Waals surface area contributed by atoms with Gasteiger partial charge in [0.1, 0.15) is 5.82 Å². The quantitative estimate of drug-likeness (QED) is 0.789. The summed E-state index contributed by atoms with van der Waals surface area (Å²) in [4.78, 5) is 14.8. The maximum atomic E-state index is 12.4. The van der Waals surface area contributed by atoms with Crippen LogP contribution >= 0.6 is 11.8 Å². The van der Waals surface area contributed by atoms with Gasteiger partial charge in [-0.05, 0) is 44.9 Å². The lowest BCUT2D eigenvalue weighted by atomic mass is 10.1. The van der Waals surface area contributed by atoms with Gasteiger partial charge in [-0.15, -0.1) is 10.2 Å². The van der Waals surface area contributed by atoms with Gasteiger partial charge in [0.15, 0.2) is 5.16 Å². The van der Waals surface area contributed by atoms with Crippen LogP contribution in [0.5, 0.6) is 0 Å². The van der Waals surface area contributed by atoms with Gasteiger partial charge in [0, 0.05) is 19.1 Å². The Morgan fingerprint density at radius 1 is 1.23 bits per heavy atom. The number of aromatic nitrogens is 3. The number of aryl methyl sites for hydroxylation is 2. The van der Waals surface area contributed by atoms with E-state index in [1.165, 1.54) is 11.8 Å². The number of nitrogens with zero attached hydrogens (tertiary/aromatic N) is 4. The summed E-state index contributed by atoms with van der Waals surface area (Å²) < 4.78 is 2.02. The van der Waals surface area contributed by atoms with Crippen LogP contribution in [0.4, 0.5) is 0 Å². The van der Waals surface area contributed by atoms with Crippen LogP contribution in [0.3, 0.4) is 0 Å². The average Bonchev–Trinajstić information content (AvgIpc) is 3.01. The number of para-hydroxylation sites is 1. The van der Waals surface area contributed by atoms with Gasteiger partial charge in [-0.2, -0.15) is 0 Å². The van der Waals surface area contributed by atoms with Crippen molar-refractivity contribution in [2.75, 3.05) is 25.4 Å². The molecular weight excluding hydrogens is 346 g/mol. The monoisotopic (exact) mass is 373 g/mol. The molecule has 1 aliphatic heterocycles. The number of amides is 1. The van der Waals surface area contributed by atoms with Crippen LogP contribution in [0, 0.1) is 13.8 Å². The number of benzene rings is 1. The maximum absolute atomic E-state index is 12.4. The molecular formula is C19H27N5OS. The lowest BCUT2D eigenvalue weighted by molar-refractivity contribution is -0.119. The van der Waals surface area contributed by atoms with Crippen LogP contribution in [-0.4, -0.2) is 57.0 Å². The van der Waals surface area contributed by atoms with Crippen molar-refractivity contribution in [3.05, 3.63) is 35.7 Å². The smallest absolute Gasteiger partial charge is 0.230 e. The number of likely N-dealkylation sites (tertiary alicyclic amines) is 1. The Balaban J connectivity index is 1.59. The molecule has 0 aliphatic carbocycles. The van der Waals surface area contributed by atoms with E-state index in [2.05, 4.69) is 46.4 Å². The Bertz CT molecular complexity index is 752. The number of nitrogens with one attached hydrogen (secondary N) is 1. The van der Waals surface area contributed by atoms with E-state index in [4.69, 9.17) is 0 Å².